The molecule has 0 aromatic carbocycles. The van der Waals surface area contributed by atoms with Gasteiger partial charge in [0.15, 0.2) is 0 Å². The van der Waals surface area contributed by atoms with Gasteiger partial charge in [-0.3, -0.25) is 4.79 Å². The van der Waals surface area contributed by atoms with Gasteiger partial charge >= 0.3 is 0 Å². The SMILES string of the molecule is CNCCCC(=O)N1CCC1. The summed E-state index contributed by atoms with van der Waals surface area (Å²) in [5, 5.41) is 3.03. The van der Waals surface area contributed by atoms with Crippen LogP contribution in [0.3, 0.4) is 0 Å². The minimum atomic E-state index is 0.325. The first-order valence-electron chi connectivity index (χ1n) is 4.27. The number of hydrogen-bond donors (Lipinski definition) is 1. The molecule has 0 radical (unpaired) electrons. The zero-order valence-electron chi connectivity index (χ0n) is 7.10. The third-order valence-electron chi connectivity index (χ3n) is 2.03. The highest BCUT2D eigenvalue weighted by molar-refractivity contribution is 5.76. The third kappa shape index (κ3) is 2.50. The van der Waals surface area contributed by atoms with Crippen LogP contribution in [-0.2, 0) is 4.79 Å². The second-order valence-electron chi connectivity index (χ2n) is 2.94. The standard InChI is InChI=1S/C8H16N2O/c1-9-5-2-4-8(11)10-6-3-7-10/h9H,2-7H2,1H3. The van der Waals surface area contributed by atoms with E-state index >= 15 is 0 Å². The van der Waals surface area contributed by atoms with Crippen LogP contribution in [0.2, 0.25) is 0 Å². The van der Waals surface area contributed by atoms with Crippen LogP contribution in [0.4, 0.5) is 0 Å². The van der Waals surface area contributed by atoms with Crippen LogP contribution in [-0.4, -0.2) is 37.5 Å². The molecule has 1 aliphatic rings. The van der Waals surface area contributed by atoms with Gasteiger partial charge in [-0.15, -0.1) is 0 Å². The van der Waals surface area contributed by atoms with Crippen molar-refractivity contribution in [3.63, 3.8) is 0 Å². The Hall–Kier alpha value is -0.570. The van der Waals surface area contributed by atoms with Crippen molar-refractivity contribution >= 4 is 5.91 Å². The fraction of sp³-hybridized carbons (Fsp3) is 0.875. The normalized spacial score (nSPS) is 16.3. The minimum Gasteiger partial charge on any atom is -0.343 e. The lowest BCUT2D eigenvalue weighted by Crippen LogP contribution is -2.42. The smallest absolute Gasteiger partial charge is 0.222 e. The molecule has 0 aliphatic carbocycles. The number of nitrogens with one attached hydrogen (secondary N) is 1. The molecular weight excluding hydrogens is 140 g/mol. The van der Waals surface area contributed by atoms with E-state index in [1.807, 2.05) is 11.9 Å². The maximum absolute atomic E-state index is 11.2. The van der Waals surface area contributed by atoms with Crippen LogP contribution in [0.5, 0.6) is 0 Å². The highest BCUT2D eigenvalue weighted by Crippen LogP contribution is 2.08. The van der Waals surface area contributed by atoms with E-state index in [9.17, 15) is 4.79 Å². The van der Waals surface area contributed by atoms with Crippen molar-refractivity contribution in [3.05, 3.63) is 0 Å². The van der Waals surface area contributed by atoms with Crippen molar-refractivity contribution in [1.82, 2.24) is 10.2 Å². The van der Waals surface area contributed by atoms with Crippen LogP contribution < -0.4 is 5.32 Å². The molecule has 1 rings (SSSR count). The Bertz CT molecular complexity index is 132. The van der Waals surface area contributed by atoms with E-state index in [-0.39, 0.29) is 0 Å². The van der Waals surface area contributed by atoms with Gasteiger partial charge in [-0.2, -0.15) is 0 Å². The number of rotatable bonds is 4. The quantitative estimate of drug-likeness (QED) is 0.590. The lowest BCUT2D eigenvalue weighted by atomic mass is 10.2. The summed E-state index contributed by atoms with van der Waals surface area (Å²) in [4.78, 5) is 13.1. The molecule has 0 spiro atoms. The largest absolute Gasteiger partial charge is 0.343 e. The molecule has 0 atom stereocenters. The molecule has 1 saturated heterocycles. The number of likely N-dealkylation sites (tertiary alicyclic amines) is 1. The van der Waals surface area contributed by atoms with E-state index in [1.54, 1.807) is 0 Å². The van der Waals surface area contributed by atoms with E-state index in [0.717, 1.165) is 26.1 Å². The van der Waals surface area contributed by atoms with Crippen molar-refractivity contribution in [2.24, 2.45) is 0 Å². The highest BCUT2D eigenvalue weighted by atomic mass is 16.2. The van der Waals surface area contributed by atoms with Gasteiger partial charge in [-0.1, -0.05) is 0 Å². The van der Waals surface area contributed by atoms with Crippen molar-refractivity contribution in [2.45, 2.75) is 19.3 Å². The second-order valence-corrected chi connectivity index (χ2v) is 2.94. The first-order chi connectivity index (χ1) is 5.34. The van der Waals surface area contributed by atoms with E-state index < -0.39 is 0 Å². The van der Waals surface area contributed by atoms with Gasteiger partial charge in [-0.25, -0.2) is 0 Å². The molecule has 11 heavy (non-hydrogen) atoms. The highest BCUT2D eigenvalue weighted by Gasteiger charge is 2.18. The average molecular weight is 156 g/mol. The Labute approximate surface area is 67.8 Å². The predicted octanol–water partition coefficient (Wildman–Crippen LogP) is 0.218. The van der Waals surface area contributed by atoms with Crippen molar-refractivity contribution in [2.75, 3.05) is 26.7 Å². The number of nitrogens with zero attached hydrogens (tertiary/aromatic N) is 1. The number of hydrogen-bond acceptors (Lipinski definition) is 2. The minimum absolute atomic E-state index is 0.325. The summed E-state index contributed by atoms with van der Waals surface area (Å²) in [7, 11) is 1.91. The van der Waals surface area contributed by atoms with Gasteiger partial charge < -0.3 is 10.2 Å². The van der Waals surface area contributed by atoms with Crippen molar-refractivity contribution in [1.29, 1.82) is 0 Å². The number of carbonyl (C=O) groups excluding carboxylic acids is 1. The van der Waals surface area contributed by atoms with Crippen LogP contribution in [0.1, 0.15) is 19.3 Å². The predicted molar refractivity (Wildman–Crippen MR) is 44.4 cm³/mol. The number of amides is 1. The summed E-state index contributed by atoms with van der Waals surface area (Å²) in [6, 6.07) is 0. The first-order valence-corrected chi connectivity index (χ1v) is 4.27. The van der Waals surface area contributed by atoms with Gasteiger partial charge in [0.25, 0.3) is 0 Å². The molecule has 3 nitrogen and oxygen atoms in total. The molecule has 1 amide bonds. The summed E-state index contributed by atoms with van der Waals surface area (Å²) in [6.45, 7) is 2.91. The monoisotopic (exact) mass is 156 g/mol. The van der Waals surface area contributed by atoms with Crippen LogP contribution >= 0.6 is 0 Å². The summed E-state index contributed by atoms with van der Waals surface area (Å²) >= 11 is 0. The van der Waals surface area contributed by atoms with E-state index in [4.69, 9.17) is 0 Å². The van der Waals surface area contributed by atoms with Gasteiger partial charge in [0.1, 0.15) is 0 Å². The summed E-state index contributed by atoms with van der Waals surface area (Å²) in [5.41, 5.74) is 0. The Morgan fingerprint density at radius 1 is 1.55 bits per heavy atom. The second kappa shape index (κ2) is 4.34. The first kappa shape index (κ1) is 8.53. The average Bonchev–Trinajstić information content (AvgIpc) is 1.84. The maximum atomic E-state index is 11.2. The zero-order chi connectivity index (χ0) is 8.10. The molecule has 1 aliphatic heterocycles. The zero-order valence-corrected chi connectivity index (χ0v) is 7.10. The van der Waals surface area contributed by atoms with Crippen molar-refractivity contribution < 1.29 is 4.79 Å². The Morgan fingerprint density at radius 2 is 2.27 bits per heavy atom. The lowest BCUT2D eigenvalue weighted by molar-refractivity contribution is -0.134. The molecule has 1 fully saturated rings. The molecule has 64 valence electrons. The topological polar surface area (TPSA) is 32.3 Å². The third-order valence-corrected chi connectivity index (χ3v) is 2.03. The Kier molecular flexibility index (Phi) is 3.36. The molecule has 0 aromatic heterocycles. The molecule has 0 unspecified atom stereocenters. The molecule has 3 heteroatoms. The van der Waals surface area contributed by atoms with Gasteiger partial charge in [-0.05, 0) is 26.4 Å². The van der Waals surface area contributed by atoms with Gasteiger partial charge in [0.2, 0.25) is 5.91 Å². The molecule has 1 N–H and O–H groups in total. The molecule has 0 bridgehead atoms. The lowest BCUT2D eigenvalue weighted by Gasteiger charge is -2.30. The van der Waals surface area contributed by atoms with Crippen LogP contribution in [0.15, 0.2) is 0 Å². The van der Waals surface area contributed by atoms with Crippen molar-refractivity contribution in [3.8, 4) is 0 Å². The summed E-state index contributed by atoms with van der Waals surface area (Å²) in [6.07, 6.45) is 2.87. The molecule has 1 heterocycles. The molecular formula is C8H16N2O. The maximum Gasteiger partial charge on any atom is 0.222 e. The molecule has 0 aromatic rings. The van der Waals surface area contributed by atoms with Gasteiger partial charge in [0.05, 0.1) is 0 Å². The van der Waals surface area contributed by atoms with Crippen LogP contribution in [0, 0.1) is 0 Å². The van der Waals surface area contributed by atoms with E-state index in [1.165, 1.54) is 6.42 Å². The fourth-order valence-corrected chi connectivity index (χ4v) is 1.14. The number of carbonyl (C=O) groups is 1. The summed E-state index contributed by atoms with van der Waals surface area (Å²) in [5.74, 6) is 0.325. The fourth-order valence-electron chi connectivity index (χ4n) is 1.14. The van der Waals surface area contributed by atoms with E-state index in [2.05, 4.69) is 5.32 Å². The Balaban J connectivity index is 2.01. The van der Waals surface area contributed by atoms with Gasteiger partial charge in [0, 0.05) is 19.5 Å². The van der Waals surface area contributed by atoms with Crippen LogP contribution in [0.25, 0.3) is 0 Å². The van der Waals surface area contributed by atoms with E-state index in [0.29, 0.717) is 12.3 Å². The Morgan fingerprint density at radius 3 is 2.73 bits per heavy atom. The molecule has 0 saturated carbocycles. The summed E-state index contributed by atoms with van der Waals surface area (Å²) < 4.78 is 0.